The van der Waals surface area contributed by atoms with Crippen LogP contribution in [0.15, 0.2) is 46.9 Å². The smallest absolute Gasteiger partial charge is 0.228 e. The molecular weight excluding hydrogens is 226 g/mol. The summed E-state index contributed by atoms with van der Waals surface area (Å²) in [6, 6.07) is 15.3. The zero-order chi connectivity index (χ0) is 12.5. The highest BCUT2D eigenvalue weighted by molar-refractivity contribution is 5.83. The number of aromatic nitrogens is 1. The number of rotatable bonds is 1. The largest absolute Gasteiger partial charge is 0.438 e. The van der Waals surface area contributed by atoms with E-state index in [1.165, 1.54) is 0 Å². The quantitative estimate of drug-likeness (QED) is 0.703. The van der Waals surface area contributed by atoms with Crippen LogP contribution in [0.5, 0.6) is 0 Å². The maximum Gasteiger partial charge on any atom is 0.228 e. The van der Waals surface area contributed by atoms with Crippen LogP contribution in [0.3, 0.4) is 0 Å². The first kappa shape index (κ1) is 10.4. The maximum absolute atomic E-state index is 8.90. The Bertz CT molecular complexity index is 754. The van der Waals surface area contributed by atoms with Crippen LogP contribution in [0.4, 0.5) is 5.82 Å². The van der Waals surface area contributed by atoms with E-state index >= 15 is 0 Å². The molecule has 2 N–H and O–H groups in total. The molecule has 1 aromatic carbocycles. The van der Waals surface area contributed by atoms with Crippen LogP contribution < -0.4 is 5.73 Å². The number of hydrogen-bond donors (Lipinski definition) is 1. The Morgan fingerprint density at radius 3 is 2.67 bits per heavy atom. The summed E-state index contributed by atoms with van der Waals surface area (Å²) < 4.78 is 5.63. The number of nitrogens with zero attached hydrogens (tertiary/aromatic N) is 2. The highest BCUT2D eigenvalue weighted by Crippen LogP contribution is 2.28. The molecule has 0 spiro atoms. The van der Waals surface area contributed by atoms with Crippen LogP contribution in [0, 0.1) is 11.3 Å². The first-order chi connectivity index (χ1) is 8.78. The Balaban J connectivity index is 2.21. The SMILES string of the molecule is N#Cc1cc2cc(-c3ccccc3)oc2nc1N. The molecule has 2 heterocycles. The summed E-state index contributed by atoms with van der Waals surface area (Å²) in [5.41, 5.74) is 7.43. The summed E-state index contributed by atoms with van der Waals surface area (Å²) >= 11 is 0. The first-order valence-electron chi connectivity index (χ1n) is 5.43. The fraction of sp³-hybridized carbons (Fsp3) is 0. The van der Waals surface area contributed by atoms with Crippen molar-refractivity contribution in [2.24, 2.45) is 0 Å². The molecule has 3 rings (SSSR count). The first-order valence-corrected chi connectivity index (χ1v) is 5.43. The highest BCUT2D eigenvalue weighted by atomic mass is 16.3. The van der Waals surface area contributed by atoms with Crippen LogP contribution in [0.2, 0.25) is 0 Å². The van der Waals surface area contributed by atoms with Gasteiger partial charge in [-0.3, -0.25) is 0 Å². The van der Waals surface area contributed by atoms with E-state index in [1.54, 1.807) is 6.07 Å². The van der Waals surface area contributed by atoms with Crippen LogP contribution >= 0.6 is 0 Å². The molecule has 0 saturated carbocycles. The Morgan fingerprint density at radius 2 is 1.94 bits per heavy atom. The summed E-state index contributed by atoms with van der Waals surface area (Å²) in [6.45, 7) is 0. The maximum atomic E-state index is 8.90. The number of anilines is 1. The van der Waals surface area contributed by atoms with E-state index in [0.29, 0.717) is 17.0 Å². The normalized spacial score (nSPS) is 10.4. The molecule has 2 aromatic heterocycles. The molecule has 0 bridgehead atoms. The summed E-state index contributed by atoms with van der Waals surface area (Å²) in [4.78, 5) is 4.08. The average Bonchev–Trinajstić information content (AvgIpc) is 2.81. The number of pyridine rings is 1. The van der Waals surface area contributed by atoms with E-state index in [1.807, 2.05) is 42.5 Å². The van der Waals surface area contributed by atoms with Crippen molar-refractivity contribution in [3.8, 4) is 17.4 Å². The number of fused-ring (bicyclic) bond motifs is 1. The number of nitrogens with two attached hydrogens (primary N) is 1. The van der Waals surface area contributed by atoms with Crippen molar-refractivity contribution in [2.75, 3.05) is 5.73 Å². The minimum absolute atomic E-state index is 0.193. The van der Waals surface area contributed by atoms with Crippen molar-refractivity contribution < 1.29 is 4.42 Å². The van der Waals surface area contributed by atoms with E-state index in [-0.39, 0.29) is 5.82 Å². The van der Waals surface area contributed by atoms with E-state index in [0.717, 1.165) is 10.9 Å². The van der Waals surface area contributed by atoms with Gasteiger partial charge in [-0.2, -0.15) is 10.2 Å². The number of furan rings is 1. The van der Waals surface area contributed by atoms with E-state index in [4.69, 9.17) is 15.4 Å². The van der Waals surface area contributed by atoms with Gasteiger partial charge in [-0.1, -0.05) is 30.3 Å². The molecule has 0 radical (unpaired) electrons. The van der Waals surface area contributed by atoms with Gasteiger partial charge in [-0.15, -0.1) is 0 Å². The predicted octanol–water partition coefficient (Wildman–Crippen LogP) is 2.95. The molecule has 0 atom stereocenters. The molecule has 4 heteroatoms. The average molecular weight is 235 g/mol. The second-order valence-electron chi connectivity index (χ2n) is 3.90. The van der Waals surface area contributed by atoms with Crippen molar-refractivity contribution in [1.29, 1.82) is 5.26 Å². The fourth-order valence-corrected chi connectivity index (χ4v) is 1.82. The third-order valence-electron chi connectivity index (χ3n) is 2.72. The Labute approximate surface area is 103 Å². The van der Waals surface area contributed by atoms with Crippen LogP contribution in [-0.4, -0.2) is 4.98 Å². The standard InChI is InChI=1S/C14H9N3O/c15-8-11-6-10-7-12(9-4-2-1-3-5-9)18-14(10)17-13(11)16/h1-7H,(H2,16,17). The van der Waals surface area contributed by atoms with Crippen LogP contribution in [0.1, 0.15) is 5.56 Å². The molecule has 0 aliphatic carbocycles. The molecule has 0 aliphatic heterocycles. The monoisotopic (exact) mass is 235 g/mol. The van der Waals surface area contributed by atoms with E-state index in [9.17, 15) is 0 Å². The third-order valence-corrected chi connectivity index (χ3v) is 2.72. The minimum atomic E-state index is 0.193. The molecule has 18 heavy (non-hydrogen) atoms. The lowest BCUT2D eigenvalue weighted by molar-refractivity contribution is 0.619. The van der Waals surface area contributed by atoms with Gasteiger partial charge >= 0.3 is 0 Å². The van der Waals surface area contributed by atoms with Crippen molar-refractivity contribution in [2.45, 2.75) is 0 Å². The second kappa shape index (κ2) is 3.90. The van der Waals surface area contributed by atoms with Crippen molar-refractivity contribution in [3.05, 3.63) is 48.0 Å². The molecule has 86 valence electrons. The molecule has 0 fully saturated rings. The van der Waals surface area contributed by atoms with Crippen LogP contribution in [-0.2, 0) is 0 Å². The zero-order valence-electron chi connectivity index (χ0n) is 9.42. The Morgan fingerprint density at radius 1 is 1.17 bits per heavy atom. The van der Waals surface area contributed by atoms with Gasteiger partial charge in [-0.25, -0.2) is 0 Å². The van der Waals surface area contributed by atoms with Gasteiger partial charge in [0, 0.05) is 10.9 Å². The number of benzene rings is 1. The van der Waals surface area contributed by atoms with E-state index in [2.05, 4.69) is 4.98 Å². The van der Waals surface area contributed by atoms with Gasteiger partial charge in [0.25, 0.3) is 0 Å². The molecule has 0 unspecified atom stereocenters. The summed E-state index contributed by atoms with van der Waals surface area (Å²) in [5.74, 6) is 0.909. The lowest BCUT2D eigenvalue weighted by atomic mass is 10.1. The van der Waals surface area contributed by atoms with Gasteiger partial charge in [0.15, 0.2) is 0 Å². The van der Waals surface area contributed by atoms with Crippen LogP contribution in [0.25, 0.3) is 22.4 Å². The second-order valence-corrected chi connectivity index (χ2v) is 3.90. The van der Waals surface area contributed by atoms with E-state index < -0.39 is 0 Å². The summed E-state index contributed by atoms with van der Waals surface area (Å²) in [6.07, 6.45) is 0. The molecule has 0 amide bonds. The Kier molecular flexibility index (Phi) is 2.24. The molecule has 0 aliphatic rings. The number of nitrogen functional groups attached to an aromatic ring is 1. The summed E-state index contributed by atoms with van der Waals surface area (Å²) in [7, 11) is 0. The van der Waals surface area contributed by atoms with Gasteiger partial charge in [0.1, 0.15) is 17.6 Å². The van der Waals surface area contributed by atoms with Crippen molar-refractivity contribution in [3.63, 3.8) is 0 Å². The van der Waals surface area contributed by atoms with Gasteiger partial charge in [-0.05, 0) is 12.1 Å². The lowest BCUT2D eigenvalue weighted by Gasteiger charge is -1.94. The third kappa shape index (κ3) is 1.59. The van der Waals surface area contributed by atoms with Gasteiger partial charge < -0.3 is 10.2 Å². The number of hydrogen-bond acceptors (Lipinski definition) is 4. The topological polar surface area (TPSA) is 75.8 Å². The molecule has 0 saturated heterocycles. The van der Waals surface area contributed by atoms with Crippen molar-refractivity contribution in [1.82, 2.24) is 4.98 Å². The lowest BCUT2D eigenvalue weighted by Crippen LogP contribution is -1.93. The predicted molar refractivity (Wildman–Crippen MR) is 68.6 cm³/mol. The van der Waals surface area contributed by atoms with Gasteiger partial charge in [0.05, 0.1) is 5.56 Å². The molecule has 4 nitrogen and oxygen atoms in total. The molecular formula is C14H9N3O. The fourth-order valence-electron chi connectivity index (χ4n) is 1.82. The number of nitriles is 1. The van der Waals surface area contributed by atoms with Gasteiger partial charge in [0.2, 0.25) is 5.71 Å². The minimum Gasteiger partial charge on any atom is -0.438 e. The zero-order valence-corrected chi connectivity index (χ0v) is 9.42. The summed E-state index contributed by atoms with van der Waals surface area (Å²) in [5, 5.41) is 9.68. The molecule has 3 aromatic rings. The highest BCUT2D eigenvalue weighted by Gasteiger charge is 2.10. The Hall–Kier alpha value is -2.80. The van der Waals surface area contributed by atoms with Crippen molar-refractivity contribution >= 4 is 16.9 Å².